The van der Waals surface area contributed by atoms with Crippen LogP contribution in [0.2, 0.25) is 0 Å². The first-order chi connectivity index (χ1) is 7.33. The molecule has 0 aliphatic heterocycles. The predicted octanol–water partition coefficient (Wildman–Crippen LogP) is 2.56. The van der Waals surface area contributed by atoms with E-state index in [0.29, 0.717) is 6.61 Å². The second kappa shape index (κ2) is 8.12. The maximum Gasteiger partial charge on any atom is 0.0431 e. The molecule has 2 N–H and O–H groups in total. The highest BCUT2D eigenvalue weighted by atomic mass is 16.2. The molecule has 0 bridgehead atoms. The van der Waals surface area contributed by atoms with E-state index in [-0.39, 0.29) is 0 Å². The third kappa shape index (κ3) is 6.16. The van der Waals surface area contributed by atoms with Gasteiger partial charge in [-0.05, 0) is 57.0 Å². The van der Waals surface area contributed by atoms with E-state index in [1.807, 2.05) is 0 Å². The first-order valence-corrected chi connectivity index (χ1v) is 6.64. The summed E-state index contributed by atoms with van der Waals surface area (Å²) in [6.45, 7) is 5.07. The van der Waals surface area contributed by atoms with Gasteiger partial charge in [-0.15, -0.1) is 0 Å². The number of hydrogen-bond acceptors (Lipinski definition) is 2. The number of nitrogens with one attached hydrogen (secondary N) is 1. The van der Waals surface area contributed by atoms with Crippen molar-refractivity contribution in [2.75, 3.05) is 19.7 Å². The fraction of sp³-hybridized carbons (Fsp3) is 1.00. The lowest BCUT2D eigenvalue weighted by molar-refractivity contribution is 0.275. The third-order valence-electron chi connectivity index (χ3n) is 3.58. The van der Waals surface area contributed by atoms with Crippen LogP contribution < -0.4 is 5.32 Å². The fourth-order valence-electron chi connectivity index (χ4n) is 2.38. The largest absolute Gasteiger partial charge is 0.396 e. The molecule has 0 unspecified atom stereocenters. The normalized spacial score (nSPS) is 26.8. The number of rotatable bonds is 7. The summed E-state index contributed by atoms with van der Waals surface area (Å²) in [5.41, 5.74) is 0. The molecule has 0 radical (unpaired) electrons. The molecular formula is C13H27NO. The Balaban J connectivity index is 1.87. The van der Waals surface area contributed by atoms with Gasteiger partial charge in [0.1, 0.15) is 0 Å². The number of unbranched alkanes of at least 4 members (excludes halogenated alkanes) is 2. The van der Waals surface area contributed by atoms with Crippen molar-refractivity contribution in [1.29, 1.82) is 0 Å². The zero-order chi connectivity index (χ0) is 10.9. The number of hydrogen-bond donors (Lipinski definition) is 2. The minimum atomic E-state index is 0.348. The first kappa shape index (κ1) is 13.0. The quantitative estimate of drug-likeness (QED) is 0.637. The molecule has 0 saturated heterocycles. The maximum absolute atomic E-state index is 8.63. The molecule has 0 heterocycles. The molecule has 2 heteroatoms. The Bertz CT molecular complexity index is 141. The van der Waals surface area contributed by atoms with Gasteiger partial charge in [0, 0.05) is 6.61 Å². The lowest BCUT2D eigenvalue weighted by Gasteiger charge is -2.26. The van der Waals surface area contributed by atoms with Crippen LogP contribution in [-0.2, 0) is 0 Å². The van der Waals surface area contributed by atoms with Crippen LogP contribution in [0.1, 0.15) is 51.9 Å². The molecule has 1 aliphatic carbocycles. The van der Waals surface area contributed by atoms with Crippen LogP contribution in [0, 0.1) is 11.8 Å². The Morgan fingerprint density at radius 1 is 1.07 bits per heavy atom. The van der Waals surface area contributed by atoms with Crippen molar-refractivity contribution in [2.45, 2.75) is 51.9 Å². The van der Waals surface area contributed by atoms with Gasteiger partial charge in [0.05, 0.1) is 0 Å². The van der Waals surface area contributed by atoms with Crippen LogP contribution in [0.25, 0.3) is 0 Å². The highest BCUT2D eigenvalue weighted by Crippen LogP contribution is 2.27. The summed E-state index contributed by atoms with van der Waals surface area (Å²) in [6, 6.07) is 0. The van der Waals surface area contributed by atoms with Crippen LogP contribution in [0.15, 0.2) is 0 Å². The van der Waals surface area contributed by atoms with E-state index in [0.717, 1.165) is 31.2 Å². The number of aliphatic hydroxyl groups is 1. The third-order valence-corrected chi connectivity index (χ3v) is 3.58. The van der Waals surface area contributed by atoms with Gasteiger partial charge < -0.3 is 10.4 Å². The molecule has 0 aromatic carbocycles. The zero-order valence-corrected chi connectivity index (χ0v) is 10.2. The SMILES string of the molecule is CC1CCC(CNCCCCCO)CC1. The molecule has 1 saturated carbocycles. The molecule has 1 rings (SSSR count). The average Bonchev–Trinajstić information content (AvgIpc) is 2.26. The standard InChI is InChI=1S/C13H27NO/c1-12-5-7-13(8-6-12)11-14-9-3-2-4-10-15/h12-15H,2-11H2,1H3. The average molecular weight is 213 g/mol. The minimum Gasteiger partial charge on any atom is -0.396 e. The molecule has 15 heavy (non-hydrogen) atoms. The van der Waals surface area contributed by atoms with Crippen molar-refractivity contribution < 1.29 is 5.11 Å². The fourth-order valence-corrected chi connectivity index (χ4v) is 2.38. The molecule has 0 spiro atoms. The van der Waals surface area contributed by atoms with Crippen LogP contribution in [-0.4, -0.2) is 24.8 Å². The monoisotopic (exact) mass is 213 g/mol. The van der Waals surface area contributed by atoms with Gasteiger partial charge in [-0.2, -0.15) is 0 Å². The summed E-state index contributed by atoms with van der Waals surface area (Å²) in [7, 11) is 0. The van der Waals surface area contributed by atoms with Gasteiger partial charge >= 0.3 is 0 Å². The van der Waals surface area contributed by atoms with Crippen LogP contribution in [0.5, 0.6) is 0 Å². The van der Waals surface area contributed by atoms with E-state index in [1.54, 1.807) is 0 Å². The minimum absolute atomic E-state index is 0.348. The van der Waals surface area contributed by atoms with E-state index < -0.39 is 0 Å². The summed E-state index contributed by atoms with van der Waals surface area (Å²) >= 11 is 0. The molecule has 90 valence electrons. The highest BCUT2D eigenvalue weighted by molar-refractivity contribution is 4.71. The number of aliphatic hydroxyl groups excluding tert-OH is 1. The predicted molar refractivity (Wildman–Crippen MR) is 64.9 cm³/mol. The molecule has 1 fully saturated rings. The highest BCUT2D eigenvalue weighted by Gasteiger charge is 2.17. The summed E-state index contributed by atoms with van der Waals surface area (Å²) < 4.78 is 0. The Morgan fingerprint density at radius 3 is 2.47 bits per heavy atom. The van der Waals surface area contributed by atoms with Crippen LogP contribution >= 0.6 is 0 Å². The van der Waals surface area contributed by atoms with Gasteiger partial charge in [-0.1, -0.05) is 19.8 Å². The maximum atomic E-state index is 8.63. The Hall–Kier alpha value is -0.0800. The van der Waals surface area contributed by atoms with Crippen molar-refractivity contribution >= 4 is 0 Å². The van der Waals surface area contributed by atoms with Crippen molar-refractivity contribution in [3.05, 3.63) is 0 Å². The van der Waals surface area contributed by atoms with Gasteiger partial charge in [0.25, 0.3) is 0 Å². The summed E-state index contributed by atoms with van der Waals surface area (Å²) in [5, 5.41) is 12.2. The lowest BCUT2D eigenvalue weighted by atomic mass is 9.83. The van der Waals surface area contributed by atoms with Gasteiger partial charge in [0.15, 0.2) is 0 Å². The second-order valence-corrected chi connectivity index (χ2v) is 5.11. The summed E-state index contributed by atoms with van der Waals surface area (Å²) in [6.07, 6.45) is 9.03. The Kier molecular flexibility index (Phi) is 7.03. The Morgan fingerprint density at radius 2 is 1.80 bits per heavy atom. The van der Waals surface area contributed by atoms with Gasteiger partial charge in [-0.3, -0.25) is 0 Å². The molecule has 1 aliphatic rings. The van der Waals surface area contributed by atoms with Crippen LogP contribution in [0.3, 0.4) is 0 Å². The van der Waals surface area contributed by atoms with Crippen molar-refractivity contribution in [1.82, 2.24) is 5.32 Å². The summed E-state index contributed by atoms with van der Waals surface area (Å²) in [5.74, 6) is 1.89. The van der Waals surface area contributed by atoms with Crippen LogP contribution in [0.4, 0.5) is 0 Å². The zero-order valence-electron chi connectivity index (χ0n) is 10.2. The second-order valence-electron chi connectivity index (χ2n) is 5.11. The van der Waals surface area contributed by atoms with Crippen molar-refractivity contribution in [3.63, 3.8) is 0 Å². The Labute approximate surface area is 94.5 Å². The van der Waals surface area contributed by atoms with E-state index in [4.69, 9.17) is 5.11 Å². The molecule has 0 atom stereocenters. The van der Waals surface area contributed by atoms with E-state index in [9.17, 15) is 0 Å². The molecular weight excluding hydrogens is 186 g/mol. The van der Waals surface area contributed by atoms with Crippen molar-refractivity contribution in [2.24, 2.45) is 11.8 Å². The molecule has 0 aromatic heterocycles. The molecule has 0 aromatic rings. The summed E-state index contributed by atoms with van der Waals surface area (Å²) in [4.78, 5) is 0. The van der Waals surface area contributed by atoms with Crippen molar-refractivity contribution in [3.8, 4) is 0 Å². The lowest BCUT2D eigenvalue weighted by Crippen LogP contribution is -2.26. The first-order valence-electron chi connectivity index (χ1n) is 6.64. The van der Waals surface area contributed by atoms with E-state index >= 15 is 0 Å². The van der Waals surface area contributed by atoms with Gasteiger partial charge in [0.2, 0.25) is 0 Å². The smallest absolute Gasteiger partial charge is 0.0431 e. The van der Waals surface area contributed by atoms with Gasteiger partial charge in [-0.25, -0.2) is 0 Å². The topological polar surface area (TPSA) is 32.3 Å². The molecule has 2 nitrogen and oxygen atoms in total. The van der Waals surface area contributed by atoms with E-state index in [1.165, 1.54) is 38.6 Å². The molecule has 0 amide bonds. The van der Waals surface area contributed by atoms with E-state index in [2.05, 4.69) is 12.2 Å².